The third-order valence-corrected chi connectivity index (χ3v) is 3.43. The Morgan fingerprint density at radius 3 is 2.65 bits per heavy atom. The van der Waals surface area contributed by atoms with Crippen molar-refractivity contribution in [3.05, 3.63) is 46.6 Å². The molecule has 1 heterocycles. The molecule has 1 aromatic carbocycles. The van der Waals surface area contributed by atoms with Crippen LogP contribution in [0.1, 0.15) is 27.0 Å². The molecule has 3 N–H and O–H groups in total. The van der Waals surface area contributed by atoms with Crippen LogP contribution in [0.5, 0.6) is 0 Å². The number of hydrogen-bond acceptors (Lipinski definition) is 3. The highest BCUT2D eigenvalue weighted by atomic mass is 32.1. The molecule has 0 fully saturated rings. The molecular weight excluding hydrogens is 272 g/mol. The highest BCUT2D eigenvalue weighted by Crippen LogP contribution is 2.16. The van der Waals surface area contributed by atoms with Crippen LogP contribution in [0.15, 0.2) is 24.4 Å². The standard InChI is InChI=1S/C14H16N4OS/c1-8-4-5-10(6-9(8)2)14(19)17-13-11(12(15)20)7-16-18(13)3/h4-7H,1-3H3,(H2,15,20)(H,17,19). The van der Waals surface area contributed by atoms with Crippen molar-refractivity contribution >= 4 is 28.9 Å². The lowest BCUT2D eigenvalue weighted by Gasteiger charge is -2.09. The molecule has 104 valence electrons. The summed E-state index contributed by atoms with van der Waals surface area (Å²) in [6, 6.07) is 5.55. The summed E-state index contributed by atoms with van der Waals surface area (Å²) >= 11 is 4.94. The number of nitrogens with two attached hydrogens (primary N) is 1. The summed E-state index contributed by atoms with van der Waals surface area (Å²) in [5.41, 5.74) is 8.97. The zero-order valence-electron chi connectivity index (χ0n) is 11.6. The fraction of sp³-hybridized carbons (Fsp3) is 0.214. The minimum absolute atomic E-state index is 0.202. The molecule has 0 aliphatic carbocycles. The number of aromatic nitrogens is 2. The van der Waals surface area contributed by atoms with E-state index < -0.39 is 0 Å². The first kappa shape index (κ1) is 14.2. The van der Waals surface area contributed by atoms with Gasteiger partial charge in [0.2, 0.25) is 0 Å². The second-order valence-corrected chi connectivity index (χ2v) is 5.09. The van der Waals surface area contributed by atoms with E-state index >= 15 is 0 Å². The molecule has 0 saturated heterocycles. The zero-order valence-corrected chi connectivity index (χ0v) is 12.4. The Balaban J connectivity index is 2.30. The van der Waals surface area contributed by atoms with Gasteiger partial charge >= 0.3 is 0 Å². The number of anilines is 1. The number of nitrogens with zero attached hydrogens (tertiary/aromatic N) is 2. The molecule has 6 heteroatoms. The van der Waals surface area contributed by atoms with Crippen LogP contribution >= 0.6 is 12.2 Å². The number of benzene rings is 1. The topological polar surface area (TPSA) is 72.9 Å². The van der Waals surface area contributed by atoms with Gasteiger partial charge in [-0.2, -0.15) is 5.10 Å². The number of aryl methyl sites for hydroxylation is 3. The molecule has 0 unspecified atom stereocenters. The maximum Gasteiger partial charge on any atom is 0.256 e. The van der Waals surface area contributed by atoms with Crippen LogP contribution in [0.4, 0.5) is 5.82 Å². The van der Waals surface area contributed by atoms with Gasteiger partial charge < -0.3 is 11.1 Å². The maximum atomic E-state index is 12.3. The van der Waals surface area contributed by atoms with Crippen molar-refractivity contribution in [2.45, 2.75) is 13.8 Å². The molecule has 1 amide bonds. The maximum absolute atomic E-state index is 12.3. The number of nitrogens with one attached hydrogen (secondary N) is 1. The van der Waals surface area contributed by atoms with Crippen molar-refractivity contribution in [2.75, 3.05) is 5.32 Å². The van der Waals surface area contributed by atoms with Gasteiger partial charge in [0.25, 0.3) is 5.91 Å². The number of carbonyl (C=O) groups excluding carboxylic acids is 1. The fourth-order valence-corrected chi connectivity index (χ4v) is 1.98. The molecule has 0 saturated carbocycles. The summed E-state index contributed by atoms with van der Waals surface area (Å²) in [7, 11) is 1.72. The van der Waals surface area contributed by atoms with Crippen molar-refractivity contribution in [3.63, 3.8) is 0 Å². The Labute approximate surface area is 122 Å². The Bertz CT molecular complexity index is 690. The molecule has 2 aromatic rings. The molecule has 5 nitrogen and oxygen atoms in total. The second-order valence-electron chi connectivity index (χ2n) is 4.65. The SMILES string of the molecule is Cc1ccc(C(=O)Nc2c(C(N)=S)cnn2C)cc1C. The third-order valence-electron chi connectivity index (χ3n) is 3.21. The number of thiocarbonyl (C=S) groups is 1. The Morgan fingerprint density at radius 1 is 1.35 bits per heavy atom. The molecule has 2 rings (SSSR count). The van der Waals surface area contributed by atoms with Crippen LogP contribution in [0.25, 0.3) is 0 Å². The molecule has 0 aliphatic rings. The Kier molecular flexibility index (Phi) is 3.85. The lowest BCUT2D eigenvalue weighted by molar-refractivity contribution is 0.102. The van der Waals surface area contributed by atoms with Crippen molar-refractivity contribution < 1.29 is 4.79 Å². The molecule has 0 atom stereocenters. The average molecular weight is 288 g/mol. The molecule has 0 aliphatic heterocycles. The van der Waals surface area contributed by atoms with E-state index in [1.54, 1.807) is 19.3 Å². The van der Waals surface area contributed by atoms with Crippen LogP contribution < -0.4 is 11.1 Å². The summed E-state index contributed by atoms with van der Waals surface area (Å²) in [6.45, 7) is 3.97. The Hall–Kier alpha value is -2.21. The second kappa shape index (κ2) is 5.42. The predicted molar refractivity (Wildman–Crippen MR) is 83.0 cm³/mol. The summed E-state index contributed by atoms with van der Waals surface area (Å²) in [5.74, 6) is 0.287. The first-order chi connectivity index (χ1) is 9.40. The van der Waals surface area contributed by atoms with E-state index in [1.165, 1.54) is 4.68 Å². The van der Waals surface area contributed by atoms with Crippen LogP contribution in [0, 0.1) is 13.8 Å². The highest BCUT2D eigenvalue weighted by molar-refractivity contribution is 7.80. The van der Waals surface area contributed by atoms with E-state index in [4.69, 9.17) is 18.0 Å². The number of hydrogen-bond donors (Lipinski definition) is 2. The summed E-state index contributed by atoms with van der Waals surface area (Å²) in [6.07, 6.45) is 1.54. The zero-order chi connectivity index (χ0) is 14.9. The van der Waals surface area contributed by atoms with Crippen molar-refractivity contribution in [2.24, 2.45) is 12.8 Å². The van der Waals surface area contributed by atoms with E-state index in [0.29, 0.717) is 16.9 Å². The first-order valence-electron chi connectivity index (χ1n) is 6.10. The van der Waals surface area contributed by atoms with Crippen molar-refractivity contribution in [3.8, 4) is 0 Å². The van der Waals surface area contributed by atoms with Crippen molar-refractivity contribution in [1.82, 2.24) is 9.78 Å². The smallest absolute Gasteiger partial charge is 0.256 e. The van der Waals surface area contributed by atoms with E-state index in [9.17, 15) is 4.79 Å². The van der Waals surface area contributed by atoms with Crippen LogP contribution in [0.2, 0.25) is 0 Å². The van der Waals surface area contributed by atoms with Crippen LogP contribution in [0.3, 0.4) is 0 Å². The summed E-state index contributed by atoms with van der Waals surface area (Å²) in [4.78, 5) is 12.5. The normalized spacial score (nSPS) is 10.3. The minimum atomic E-state index is -0.214. The van der Waals surface area contributed by atoms with Gasteiger partial charge in [-0.15, -0.1) is 0 Å². The quantitative estimate of drug-likeness (QED) is 0.846. The van der Waals surface area contributed by atoms with Gasteiger partial charge in [0.15, 0.2) is 0 Å². The molecule has 0 radical (unpaired) electrons. The van der Waals surface area contributed by atoms with E-state index in [0.717, 1.165) is 11.1 Å². The lowest BCUT2D eigenvalue weighted by Crippen LogP contribution is -2.19. The van der Waals surface area contributed by atoms with Crippen molar-refractivity contribution in [1.29, 1.82) is 0 Å². The summed E-state index contributed by atoms with van der Waals surface area (Å²) in [5, 5.41) is 6.85. The van der Waals surface area contributed by atoms with Crippen LogP contribution in [-0.2, 0) is 7.05 Å². The molecule has 1 aromatic heterocycles. The van der Waals surface area contributed by atoms with Gasteiger partial charge in [0, 0.05) is 12.6 Å². The third kappa shape index (κ3) is 2.70. The molecule has 0 bridgehead atoms. The van der Waals surface area contributed by atoms with Gasteiger partial charge in [0.05, 0.1) is 11.8 Å². The first-order valence-corrected chi connectivity index (χ1v) is 6.51. The van der Waals surface area contributed by atoms with E-state index in [2.05, 4.69) is 10.4 Å². The molecule has 0 spiro atoms. The average Bonchev–Trinajstić information content (AvgIpc) is 2.74. The number of amides is 1. The fourth-order valence-electron chi connectivity index (χ4n) is 1.83. The molecule has 20 heavy (non-hydrogen) atoms. The number of carbonyl (C=O) groups is 1. The van der Waals surface area contributed by atoms with Gasteiger partial charge in [-0.3, -0.25) is 9.48 Å². The summed E-state index contributed by atoms with van der Waals surface area (Å²) < 4.78 is 1.54. The van der Waals surface area contributed by atoms with E-state index in [-0.39, 0.29) is 10.9 Å². The van der Waals surface area contributed by atoms with Crippen LogP contribution in [-0.4, -0.2) is 20.7 Å². The van der Waals surface area contributed by atoms with Gasteiger partial charge in [0.1, 0.15) is 10.8 Å². The van der Waals surface area contributed by atoms with Gasteiger partial charge in [-0.1, -0.05) is 18.3 Å². The van der Waals surface area contributed by atoms with E-state index in [1.807, 2.05) is 26.0 Å². The Morgan fingerprint density at radius 2 is 2.05 bits per heavy atom. The largest absolute Gasteiger partial charge is 0.389 e. The van der Waals surface area contributed by atoms with Gasteiger partial charge in [-0.05, 0) is 37.1 Å². The minimum Gasteiger partial charge on any atom is -0.389 e. The molecular formula is C14H16N4OS. The predicted octanol–water partition coefficient (Wildman–Crippen LogP) is 1.92. The lowest BCUT2D eigenvalue weighted by atomic mass is 10.1. The number of rotatable bonds is 3. The van der Waals surface area contributed by atoms with Gasteiger partial charge in [-0.25, -0.2) is 0 Å². The monoisotopic (exact) mass is 288 g/mol. The highest BCUT2D eigenvalue weighted by Gasteiger charge is 2.15.